The highest BCUT2D eigenvalue weighted by atomic mass is 35.5. The predicted molar refractivity (Wildman–Crippen MR) is 75.9 cm³/mol. The van der Waals surface area contributed by atoms with E-state index in [-0.39, 0.29) is 11.8 Å². The Hall–Kier alpha value is -1.26. The average molecular weight is 293 g/mol. The Morgan fingerprint density at radius 1 is 1.50 bits per heavy atom. The van der Waals surface area contributed by atoms with Crippen LogP contribution in [0.1, 0.15) is 24.3 Å². The molecule has 3 aliphatic rings. The second kappa shape index (κ2) is 4.12. The van der Waals surface area contributed by atoms with Crippen molar-refractivity contribution in [3.8, 4) is 5.75 Å². The van der Waals surface area contributed by atoms with Gasteiger partial charge in [0.2, 0.25) is 5.91 Å². The highest BCUT2D eigenvalue weighted by Gasteiger charge is 2.56. The summed E-state index contributed by atoms with van der Waals surface area (Å²) in [6.07, 6.45) is 1.36. The maximum Gasteiger partial charge on any atom is 0.223 e. The summed E-state index contributed by atoms with van der Waals surface area (Å²) >= 11 is 6.13. The number of amides is 1. The second-order valence-electron chi connectivity index (χ2n) is 6.15. The third-order valence-electron chi connectivity index (χ3n) is 4.88. The quantitative estimate of drug-likeness (QED) is 0.795. The van der Waals surface area contributed by atoms with Crippen LogP contribution < -0.4 is 10.1 Å². The van der Waals surface area contributed by atoms with E-state index in [1.54, 1.807) is 0 Å². The first-order valence-electron chi connectivity index (χ1n) is 7.05. The fourth-order valence-corrected chi connectivity index (χ4v) is 4.11. The average Bonchev–Trinajstić information content (AvgIpc) is 2.40. The van der Waals surface area contributed by atoms with Gasteiger partial charge < -0.3 is 15.0 Å². The van der Waals surface area contributed by atoms with Crippen molar-refractivity contribution in [2.75, 3.05) is 20.1 Å². The van der Waals surface area contributed by atoms with Crippen molar-refractivity contribution in [1.82, 2.24) is 10.2 Å². The van der Waals surface area contributed by atoms with Gasteiger partial charge in [0, 0.05) is 42.8 Å². The van der Waals surface area contributed by atoms with Gasteiger partial charge in [0.15, 0.2) is 5.72 Å². The van der Waals surface area contributed by atoms with Gasteiger partial charge in [-0.2, -0.15) is 0 Å². The molecule has 2 fully saturated rings. The maximum atomic E-state index is 12.1. The van der Waals surface area contributed by atoms with Crippen LogP contribution in [0, 0.1) is 5.92 Å². The summed E-state index contributed by atoms with van der Waals surface area (Å²) in [5.74, 6) is 1.46. The molecule has 0 unspecified atom stereocenters. The number of likely N-dealkylation sites (tertiary alicyclic amines) is 1. The minimum Gasteiger partial charge on any atom is -0.467 e. The number of ether oxygens (including phenoxy) is 1. The van der Waals surface area contributed by atoms with Crippen LogP contribution in [0.15, 0.2) is 18.2 Å². The molecular formula is C15H17ClN2O2. The molecule has 106 valence electrons. The molecule has 5 heteroatoms. The summed E-state index contributed by atoms with van der Waals surface area (Å²) in [5.41, 5.74) is 0.566. The minimum atomic E-state index is -0.520. The van der Waals surface area contributed by atoms with E-state index in [4.69, 9.17) is 16.3 Å². The number of piperidine rings is 2. The first-order chi connectivity index (χ1) is 9.57. The summed E-state index contributed by atoms with van der Waals surface area (Å²) < 4.78 is 6.25. The smallest absolute Gasteiger partial charge is 0.223 e. The lowest BCUT2D eigenvalue weighted by molar-refractivity contribution is -0.152. The highest BCUT2D eigenvalue weighted by molar-refractivity contribution is 6.30. The number of hydrogen-bond donors (Lipinski definition) is 1. The zero-order valence-electron chi connectivity index (χ0n) is 11.4. The van der Waals surface area contributed by atoms with Gasteiger partial charge in [-0.05, 0) is 30.8 Å². The molecule has 1 N–H and O–H groups in total. The molecule has 0 radical (unpaired) electrons. The Bertz CT molecular complexity index is 591. The summed E-state index contributed by atoms with van der Waals surface area (Å²) in [6.45, 7) is 1.88. The van der Waals surface area contributed by atoms with Gasteiger partial charge in [0.05, 0.1) is 0 Å². The second-order valence-corrected chi connectivity index (χ2v) is 6.59. The van der Waals surface area contributed by atoms with Crippen molar-refractivity contribution in [1.29, 1.82) is 0 Å². The lowest BCUT2D eigenvalue weighted by Gasteiger charge is -2.55. The first-order valence-corrected chi connectivity index (χ1v) is 7.43. The van der Waals surface area contributed by atoms with E-state index in [1.165, 1.54) is 0 Å². The van der Waals surface area contributed by atoms with Crippen molar-refractivity contribution >= 4 is 17.5 Å². The summed E-state index contributed by atoms with van der Waals surface area (Å²) in [6, 6.07) is 5.74. The molecule has 1 aromatic carbocycles. The molecule has 3 heterocycles. The van der Waals surface area contributed by atoms with Gasteiger partial charge in [-0.3, -0.25) is 4.79 Å². The van der Waals surface area contributed by atoms with E-state index >= 15 is 0 Å². The molecule has 1 amide bonds. The van der Waals surface area contributed by atoms with Crippen LogP contribution in [-0.2, 0) is 4.79 Å². The Balaban J connectivity index is 1.86. The number of hydrogen-bond acceptors (Lipinski definition) is 3. The molecule has 0 saturated carbocycles. The minimum absolute atomic E-state index is 0.0847. The molecular weight excluding hydrogens is 276 g/mol. The molecule has 4 nitrogen and oxygen atoms in total. The van der Waals surface area contributed by atoms with Crippen molar-refractivity contribution < 1.29 is 9.53 Å². The topological polar surface area (TPSA) is 41.6 Å². The molecule has 0 aliphatic carbocycles. The summed E-state index contributed by atoms with van der Waals surface area (Å²) in [5, 5.41) is 3.82. The van der Waals surface area contributed by atoms with E-state index in [1.807, 2.05) is 18.2 Å². The summed E-state index contributed by atoms with van der Waals surface area (Å²) in [7, 11) is 2.12. The molecule has 3 atom stereocenters. The lowest BCUT2D eigenvalue weighted by atomic mass is 9.69. The summed E-state index contributed by atoms with van der Waals surface area (Å²) in [4.78, 5) is 14.4. The number of carbonyl (C=O) groups excluding carboxylic acids is 1. The first kappa shape index (κ1) is 12.5. The predicted octanol–water partition coefficient (Wildman–Crippen LogP) is 1.98. The fraction of sp³-hybridized carbons (Fsp3) is 0.533. The Kier molecular flexibility index (Phi) is 2.57. The van der Waals surface area contributed by atoms with Gasteiger partial charge in [-0.15, -0.1) is 0 Å². The van der Waals surface area contributed by atoms with E-state index in [9.17, 15) is 4.79 Å². The maximum absolute atomic E-state index is 12.1. The van der Waals surface area contributed by atoms with Crippen molar-refractivity contribution in [3.05, 3.63) is 28.8 Å². The zero-order chi connectivity index (χ0) is 13.9. The highest BCUT2D eigenvalue weighted by Crippen LogP contribution is 2.51. The third kappa shape index (κ3) is 1.68. The Labute approximate surface area is 123 Å². The van der Waals surface area contributed by atoms with Crippen molar-refractivity contribution in [2.45, 2.75) is 24.5 Å². The number of fused-ring (bicyclic) bond motifs is 2. The molecule has 3 aliphatic heterocycles. The van der Waals surface area contributed by atoms with Gasteiger partial charge in [-0.1, -0.05) is 11.6 Å². The zero-order valence-corrected chi connectivity index (χ0v) is 12.1. The molecule has 0 spiro atoms. The molecule has 20 heavy (non-hydrogen) atoms. The van der Waals surface area contributed by atoms with Crippen molar-refractivity contribution in [3.63, 3.8) is 0 Å². The Morgan fingerprint density at radius 2 is 2.35 bits per heavy atom. The number of carbonyl (C=O) groups is 1. The van der Waals surface area contributed by atoms with Crippen LogP contribution in [0.25, 0.3) is 0 Å². The van der Waals surface area contributed by atoms with E-state index < -0.39 is 5.72 Å². The molecule has 1 aromatic rings. The van der Waals surface area contributed by atoms with Gasteiger partial charge in [-0.25, -0.2) is 0 Å². The van der Waals surface area contributed by atoms with Gasteiger partial charge in [0.25, 0.3) is 0 Å². The molecule has 2 saturated heterocycles. The van der Waals surface area contributed by atoms with E-state index in [0.29, 0.717) is 17.4 Å². The van der Waals surface area contributed by atoms with Crippen LogP contribution in [0.3, 0.4) is 0 Å². The fourth-order valence-electron chi connectivity index (χ4n) is 3.93. The number of nitrogens with one attached hydrogen (secondary N) is 1. The Morgan fingerprint density at radius 3 is 3.20 bits per heavy atom. The third-order valence-corrected chi connectivity index (χ3v) is 5.11. The van der Waals surface area contributed by atoms with Crippen LogP contribution in [0.5, 0.6) is 5.75 Å². The normalized spacial score (nSPS) is 35.6. The monoisotopic (exact) mass is 292 g/mol. The van der Waals surface area contributed by atoms with Crippen LogP contribution in [0.4, 0.5) is 0 Å². The van der Waals surface area contributed by atoms with E-state index in [2.05, 4.69) is 17.3 Å². The van der Waals surface area contributed by atoms with Crippen molar-refractivity contribution in [2.24, 2.45) is 5.92 Å². The number of nitrogens with zero attached hydrogens (tertiary/aromatic N) is 1. The molecule has 0 aromatic heterocycles. The number of halogens is 1. The van der Waals surface area contributed by atoms with Crippen LogP contribution in [-0.4, -0.2) is 36.7 Å². The largest absolute Gasteiger partial charge is 0.467 e. The molecule has 4 rings (SSSR count). The van der Waals surface area contributed by atoms with Crippen LogP contribution >= 0.6 is 11.6 Å². The number of rotatable bonds is 0. The SMILES string of the molecule is CN1CC[C@@]23NC(=O)C[C@@H](c4cc(Cl)ccc4O2)[C@@H]3C1. The van der Waals surface area contributed by atoms with Gasteiger partial charge in [0.1, 0.15) is 5.75 Å². The lowest BCUT2D eigenvalue weighted by Crippen LogP contribution is -2.69. The van der Waals surface area contributed by atoms with Crippen LogP contribution in [0.2, 0.25) is 5.02 Å². The van der Waals surface area contributed by atoms with Gasteiger partial charge >= 0.3 is 0 Å². The van der Waals surface area contributed by atoms with E-state index in [0.717, 1.165) is 30.8 Å². The molecule has 2 bridgehead atoms. The standard InChI is InChI=1S/C15H17ClN2O2/c1-18-5-4-15-12(8-18)10(7-14(19)17-15)11-6-9(16)2-3-13(11)20-15/h2-3,6,10,12H,4-5,7-8H2,1H3,(H,17,19)/t10-,12-,15+/m0/s1. The number of benzene rings is 1.